The van der Waals surface area contributed by atoms with Crippen LogP contribution in [0.2, 0.25) is 37.8 Å². The van der Waals surface area contributed by atoms with E-state index in [4.69, 9.17) is 9.16 Å². The topological polar surface area (TPSA) is 35.5 Å². The van der Waals surface area contributed by atoms with E-state index in [1.165, 1.54) is 0 Å². The fraction of sp³-hybridized carbons (Fsp3) is 0.708. The van der Waals surface area contributed by atoms with E-state index >= 15 is 0 Å². The van der Waals surface area contributed by atoms with Gasteiger partial charge in [-0.3, -0.25) is 4.79 Å². The van der Waals surface area contributed by atoms with Crippen LogP contribution in [0.5, 0.6) is 0 Å². The summed E-state index contributed by atoms with van der Waals surface area (Å²) in [4.78, 5) is 13.0. The molecule has 0 aromatic carbocycles. The number of carbonyl (C=O) groups excluding carboxylic acids is 1. The second kappa shape index (κ2) is 10.9. The molecule has 0 spiro atoms. The van der Waals surface area contributed by atoms with Crippen molar-refractivity contribution in [1.82, 2.24) is 0 Å². The number of allylic oxidation sites excluding steroid dienone is 2. The molecule has 1 aliphatic heterocycles. The lowest BCUT2D eigenvalue weighted by Crippen LogP contribution is -2.46. The second-order valence-corrected chi connectivity index (χ2v) is 20.1. The average molecular weight is 435 g/mol. The zero-order valence-corrected chi connectivity index (χ0v) is 22.1. The SMILES string of the molecule is C/C=C/[C@H]1CC[C@@H](O[Si](C)(C)C(C)(C)C)CC(=O)[C@@H](C/C=C/C#C[Si](C)(C)C)O1. The van der Waals surface area contributed by atoms with Gasteiger partial charge in [-0.25, -0.2) is 0 Å². The van der Waals surface area contributed by atoms with E-state index in [9.17, 15) is 4.79 Å². The first-order valence-corrected chi connectivity index (χ1v) is 17.3. The highest BCUT2D eigenvalue weighted by molar-refractivity contribution is 6.83. The van der Waals surface area contributed by atoms with Gasteiger partial charge in [0.2, 0.25) is 0 Å². The van der Waals surface area contributed by atoms with Crippen molar-refractivity contribution in [2.75, 3.05) is 0 Å². The summed E-state index contributed by atoms with van der Waals surface area (Å²) < 4.78 is 12.8. The van der Waals surface area contributed by atoms with Crippen LogP contribution >= 0.6 is 0 Å². The van der Waals surface area contributed by atoms with Crippen molar-refractivity contribution in [2.24, 2.45) is 0 Å². The molecule has 3 nitrogen and oxygen atoms in total. The predicted molar refractivity (Wildman–Crippen MR) is 129 cm³/mol. The lowest BCUT2D eigenvalue weighted by atomic mass is 9.98. The van der Waals surface area contributed by atoms with E-state index in [0.29, 0.717) is 12.8 Å². The molecule has 0 aromatic heterocycles. The van der Waals surface area contributed by atoms with E-state index in [2.05, 4.69) is 71.0 Å². The van der Waals surface area contributed by atoms with Gasteiger partial charge in [-0.1, -0.05) is 64.6 Å². The number of hydrogen-bond donors (Lipinski definition) is 0. The van der Waals surface area contributed by atoms with Crippen LogP contribution in [-0.2, 0) is 14.0 Å². The molecule has 1 aliphatic rings. The fourth-order valence-corrected chi connectivity index (χ4v) is 4.81. The molecular weight excluding hydrogens is 392 g/mol. The molecule has 1 rings (SSSR count). The first kappa shape index (κ1) is 26.1. The molecule has 1 saturated heterocycles. The van der Waals surface area contributed by atoms with E-state index in [-0.39, 0.29) is 23.0 Å². The Morgan fingerprint density at radius 3 is 2.38 bits per heavy atom. The summed E-state index contributed by atoms with van der Waals surface area (Å²) in [6.07, 6.45) is 10.2. The number of Topliss-reactive ketones (excluding diaryl/α,β-unsaturated/α-hetero) is 1. The van der Waals surface area contributed by atoms with Gasteiger partial charge in [0.1, 0.15) is 14.2 Å². The van der Waals surface area contributed by atoms with Crippen molar-refractivity contribution >= 4 is 22.2 Å². The van der Waals surface area contributed by atoms with Gasteiger partial charge in [0, 0.05) is 6.42 Å². The highest BCUT2D eigenvalue weighted by Gasteiger charge is 2.40. The molecule has 164 valence electrons. The van der Waals surface area contributed by atoms with Crippen LogP contribution < -0.4 is 0 Å². The monoisotopic (exact) mass is 434 g/mol. The molecular formula is C24H42O3Si2. The van der Waals surface area contributed by atoms with Gasteiger partial charge in [-0.05, 0) is 50.4 Å². The van der Waals surface area contributed by atoms with Gasteiger partial charge < -0.3 is 9.16 Å². The number of hydrogen-bond acceptors (Lipinski definition) is 3. The van der Waals surface area contributed by atoms with Crippen molar-refractivity contribution in [3.05, 3.63) is 24.3 Å². The maximum atomic E-state index is 13.0. The van der Waals surface area contributed by atoms with E-state index in [1.54, 1.807) is 0 Å². The third-order valence-corrected chi connectivity index (χ3v) is 11.0. The summed E-state index contributed by atoms with van der Waals surface area (Å²) in [5.41, 5.74) is 3.32. The Kier molecular flexibility index (Phi) is 9.81. The Morgan fingerprint density at radius 1 is 1.17 bits per heavy atom. The lowest BCUT2D eigenvalue weighted by Gasteiger charge is -2.40. The summed E-state index contributed by atoms with van der Waals surface area (Å²) in [6, 6.07) is 0. The minimum atomic E-state index is -1.92. The normalized spacial score (nSPS) is 25.0. The highest BCUT2D eigenvalue weighted by atomic mass is 28.4. The van der Waals surface area contributed by atoms with Crippen LogP contribution in [0.15, 0.2) is 24.3 Å². The molecule has 1 fully saturated rings. The molecule has 0 amide bonds. The predicted octanol–water partition coefficient (Wildman–Crippen LogP) is 6.29. The van der Waals surface area contributed by atoms with Gasteiger partial charge in [0.15, 0.2) is 14.1 Å². The summed E-state index contributed by atoms with van der Waals surface area (Å²) in [6.45, 7) is 19.9. The molecule has 0 aromatic rings. The summed E-state index contributed by atoms with van der Waals surface area (Å²) in [5, 5.41) is 0.134. The standard InChI is InChI=1S/C24H42O3Si2/c1-10-14-20-16-17-21(27-29(8,9)24(2,3)4)19-22(25)23(26-20)15-12-11-13-18-28(5,6)7/h10-12,14,20-21,23H,15-17,19H2,1-9H3/b12-11+,14-10+/t20-,21+,23+/m0/s1. The van der Waals surface area contributed by atoms with Crippen LogP contribution in [0.1, 0.15) is 53.4 Å². The Morgan fingerprint density at radius 2 is 1.83 bits per heavy atom. The zero-order valence-electron chi connectivity index (χ0n) is 20.1. The van der Waals surface area contributed by atoms with Crippen LogP contribution in [0.3, 0.4) is 0 Å². The molecule has 0 N–H and O–H groups in total. The molecule has 0 saturated carbocycles. The summed E-state index contributed by atoms with van der Waals surface area (Å²) >= 11 is 0. The quantitative estimate of drug-likeness (QED) is 0.290. The summed E-state index contributed by atoms with van der Waals surface area (Å²) in [5.74, 6) is 3.28. The summed E-state index contributed by atoms with van der Waals surface area (Å²) in [7, 11) is -3.29. The van der Waals surface area contributed by atoms with Crippen LogP contribution in [0.4, 0.5) is 0 Å². The minimum absolute atomic E-state index is 0.0155. The van der Waals surface area contributed by atoms with Crippen molar-refractivity contribution in [3.63, 3.8) is 0 Å². The van der Waals surface area contributed by atoms with E-state index in [0.717, 1.165) is 12.8 Å². The van der Waals surface area contributed by atoms with E-state index in [1.807, 2.05) is 25.2 Å². The Bertz CT molecular complexity index is 654. The first-order valence-electron chi connectivity index (χ1n) is 10.9. The van der Waals surface area contributed by atoms with Crippen LogP contribution in [-0.4, -0.2) is 40.5 Å². The Labute approximate surface area is 181 Å². The minimum Gasteiger partial charge on any atom is -0.413 e. The van der Waals surface area contributed by atoms with Crippen molar-refractivity contribution in [2.45, 2.75) is 109 Å². The van der Waals surface area contributed by atoms with Gasteiger partial charge >= 0.3 is 0 Å². The van der Waals surface area contributed by atoms with Crippen LogP contribution in [0, 0.1) is 11.5 Å². The fourth-order valence-electron chi connectivity index (χ4n) is 2.91. The third-order valence-electron chi connectivity index (χ3n) is 5.57. The molecule has 0 radical (unpaired) electrons. The van der Waals surface area contributed by atoms with Gasteiger partial charge in [0.25, 0.3) is 0 Å². The van der Waals surface area contributed by atoms with Crippen LogP contribution in [0.25, 0.3) is 0 Å². The second-order valence-electron chi connectivity index (χ2n) is 10.6. The molecule has 5 heteroatoms. The number of ketones is 1. The zero-order chi connectivity index (χ0) is 22.3. The number of ether oxygens (including phenoxy) is 1. The maximum Gasteiger partial charge on any atom is 0.192 e. The molecule has 0 aliphatic carbocycles. The van der Waals surface area contributed by atoms with Gasteiger partial charge in [-0.2, -0.15) is 0 Å². The first-order chi connectivity index (χ1) is 13.2. The highest BCUT2D eigenvalue weighted by Crippen LogP contribution is 2.38. The Hall–Kier alpha value is -0.936. The smallest absolute Gasteiger partial charge is 0.192 e. The third kappa shape index (κ3) is 9.61. The number of rotatable bonds is 5. The molecule has 3 atom stereocenters. The Balaban J connectivity index is 2.91. The molecule has 0 bridgehead atoms. The van der Waals surface area contributed by atoms with E-state index < -0.39 is 22.5 Å². The lowest BCUT2D eigenvalue weighted by molar-refractivity contribution is -0.137. The van der Waals surface area contributed by atoms with Gasteiger partial charge in [0.05, 0.1) is 12.2 Å². The molecule has 1 heterocycles. The maximum absolute atomic E-state index is 13.0. The van der Waals surface area contributed by atoms with Crippen molar-refractivity contribution < 1.29 is 14.0 Å². The number of carbonyl (C=O) groups is 1. The largest absolute Gasteiger partial charge is 0.413 e. The van der Waals surface area contributed by atoms with Gasteiger partial charge in [-0.15, -0.1) is 5.54 Å². The molecule has 29 heavy (non-hydrogen) atoms. The molecule has 0 unspecified atom stereocenters. The van der Waals surface area contributed by atoms with Crippen molar-refractivity contribution in [3.8, 4) is 11.5 Å². The average Bonchev–Trinajstić information content (AvgIpc) is 2.54. The van der Waals surface area contributed by atoms with Crippen molar-refractivity contribution in [1.29, 1.82) is 0 Å².